The predicted octanol–water partition coefficient (Wildman–Crippen LogP) is 2.79. The van der Waals surface area contributed by atoms with Crippen molar-refractivity contribution in [2.45, 2.75) is 19.4 Å². The van der Waals surface area contributed by atoms with Gasteiger partial charge in [0.15, 0.2) is 11.6 Å². The molecular formula is C18H17F2NO3. The van der Waals surface area contributed by atoms with Crippen LogP contribution in [-0.2, 0) is 16.0 Å². The first-order valence-electron chi connectivity index (χ1n) is 7.30. The lowest BCUT2D eigenvalue weighted by Gasteiger charge is -2.17. The summed E-state index contributed by atoms with van der Waals surface area (Å²) >= 11 is 0. The summed E-state index contributed by atoms with van der Waals surface area (Å²) in [6, 6.07) is 9.66. The molecule has 1 amide bonds. The van der Waals surface area contributed by atoms with Gasteiger partial charge in [-0.25, -0.2) is 13.6 Å². The molecule has 0 aromatic heterocycles. The second-order valence-electron chi connectivity index (χ2n) is 5.34. The van der Waals surface area contributed by atoms with Crippen molar-refractivity contribution in [3.63, 3.8) is 0 Å². The number of esters is 1. The third-order valence-electron chi connectivity index (χ3n) is 3.55. The summed E-state index contributed by atoms with van der Waals surface area (Å²) < 4.78 is 31.6. The average molecular weight is 333 g/mol. The van der Waals surface area contributed by atoms with Gasteiger partial charge in [0.1, 0.15) is 6.04 Å². The van der Waals surface area contributed by atoms with E-state index in [1.54, 1.807) is 0 Å². The van der Waals surface area contributed by atoms with Crippen LogP contribution in [0.1, 0.15) is 21.5 Å². The zero-order valence-electron chi connectivity index (χ0n) is 13.3. The topological polar surface area (TPSA) is 55.4 Å². The number of nitrogens with one attached hydrogen (secondary N) is 1. The van der Waals surface area contributed by atoms with Crippen molar-refractivity contribution >= 4 is 11.9 Å². The fourth-order valence-electron chi connectivity index (χ4n) is 2.21. The number of carbonyl (C=O) groups excluding carboxylic acids is 2. The first-order valence-corrected chi connectivity index (χ1v) is 7.30. The Labute approximate surface area is 138 Å². The second-order valence-corrected chi connectivity index (χ2v) is 5.34. The number of hydrogen-bond donors (Lipinski definition) is 1. The van der Waals surface area contributed by atoms with E-state index in [0.717, 1.165) is 23.3 Å². The number of benzene rings is 2. The van der Waals surface area contributed by atoms with Crippen LogP contribution in [0.3, 0.4) is 0 Å². The van der Waals surface area contributed by atoms with Crippen LogP contribution in [0.25, 0.3) is 0 Å². The van der Waals surface area contributed by atoms with E-state index in [4.69, 9.17) is 0 Å². The van der Waals surface area contributed by atoms with Crippen LogP contribution < -0.4 is 5.32 Å². The summed E-state index contributed by atoms with van der Waals surface area (Å²) in [5, 5.41) is 2.40. The third kappa shape index (κ3) is 4.16. The highest BCUT2D eigenvalue weighted by Crippen LogP contribution is 2.13. The molecule has 1 N–H and O–H groups in total. The van der Waals surface area contributed by atoms with Gasteiger partial charge in [0.05, 0.1) is 12.7 Å². The van der Waals surface area contributed by atoms with Crippen molar-refractivity contribution in [1.82, 2.24) is 5.32 Å². The second kappa shape index (κ2) is 7.68. The highest BCUT2D eigenvalue weighted by Gasteiger charge is 2.24. The molecule has 0 fully saturated rings. The van der Waals surface area contributed by atoms with Gasteiger partial charge in [-0.05, 0) is 24.6 Å². The van der Waals surface area contributed by atoms with Crippen LogP contribution >= 0.6 is 0 Å². The number of aryl methyl sites for hydroxylation is 1. The van der Waals surface area contributed by atoms with Crippen molar-refractivity contribution < 1.29 is 23.1 Å². The fraction of sp³-hybridized carbons (Fsp3) is 0.222. The molecule has 126 valence electrons. The van der Waals surface area contributed by atoms with E-state index in [1.807, 2.05) is 31.2 Å². The minimum Gasteiger partial charge on any atom is -0.467 e. The van der Waals surface area contributed by atoms with Crippen molar-refractivity contribution in [3.05, 3.63) is 70.8 Å². The van der Waals surface area contributed by atoms with Gasteiger partial charge >= 0.3 is 5.97 Å². The molecule has 0 radical (unpaired) electrons. The highest BCUT2D eigenvalue weighted by atomic mass is 19.2. The predicted molar refractivity (Wildman–Crippen MR) is 84.5 cm³/mol. The lowest BCUT2D eigenvalue weighted by Crippen LogP contribution is -2.43. The largest absolute Gasteiger partial charge is 0.467 e. The first-order chi connectivity index (χ1) is 11.4. The number of rotatable bonds is 5. The number of hydrogen-bond acceptors (Lipinski definition) is 3. The maximum atomic E-state index is 13.7. The number of halogens is 2. The molecule has 2 rings (SSSR count). The van der Waals surface area contributed by atoms with Gasteiger partial charge in [-0.15, -0.1) is 0 Å². The minimum absolute atomic E-state index is 0.176. The van der Waals surface area contributed by atoms with Crippen molar-refractivity contribution in [1.29, 1.82) is 0 Å². The monoisotopic (exact) mass is 333 g/mol. The summed E-state index contributed by atoms with van der Waals surface area (Å²) in [5.41, 5.74) is 1.39. The van der Waals surface area contributed by atoms with Gasteiger partial charge in [-0.2, -0.15) is 0 Å². The molecule has 0 aliphatic heterocycles. The first kappa shape index (κ1) is 17.6. The summed E-state index contributed by atoms with van der Waals surface area (Å²) in [6.45, 7) is 1.93. The lowest BCUT2D eigenvalue weighted by molar-refractivity contribution is -0.142. The smallest absolute Gasteiger partial charge is 0.328 e. The number of amides is 1. The van der Waals surface area contributed by atoms with E-state index in [0.29, 0.717) is 0 Å². The van der Waals surface area contributed by atoms with Crippen LogP contribution in [0, 0.1) is 18.6 Å². The Kier molecular flexibility index (Phi) is 5.63. The Morgan fingerprint density at radius 3 is 2.42 bits per heavy atom. The van der Waals surface area contributed by atoms with Crippen molar-refractivity contribution in [2.75, 3.05) is 7.11 Å². The normalized spacial score (nSPS) is 11.7. The van der Waals surface area contributed by atoms with E-state index in [2.05, 4.69) is 10.1 Å². The highest BCUT2D eigenvalue weighted by molar-refractivity contribution is 5.97. The van der Waals surface area contributed by atoms with Gasteiger partial charge in [0.25, 0.3) is 5.91 Å². The number of carbonyl (C=O) groups is 2. The zero-order valence-corrected chi connectivity index (χ0v) is 13.3. The molecule has 0 spiro atoms. The summed E-state index contributed by atoms with van der Waals surface area (Å²) in [5.74, 6) is -3.93. The van der Waals surface area contributed by atoms with Crippen LogP contribution in [-0.4, -0.2) is 25.0 Å². The van der Waals surface area contributed by atoms with Crippen LogP contribution in [0.15, 0.2) is 42.5 Å². The van der Waals surface area contributed by atoms with Crippen LogP contribution in [0.5, 0.6) is 0 Å². The van der Waals surface area contributed by atoms with Crippen LogP contribution in [0.4, 0.5) is 8.78 Å². The molecule has 0 unspecified atom stereocenters. The van der Waals surface area contributed by atoms with E-state index in [1.165, 1.54) is 13.2 Å². The van der Waals surface area contributed by atoms with Crippen molar-refractivity contribution in [3.8, 4) is 0 Å². The third-order valence-corrected chi connectivity index (χ3v) is 3.55. The quantitative estimate of drug-likeness (QED) is 0.856. The SMILES string of the molecule is COC(=O)[C@H](Cc1ccc(C)cc1)NC(=O)c1cccc(F)c1F. The Morgan fingerprint density at radius 1 is 1.12 bits per heavy atom. The van der Waals surface area contributed by atoms with Gasteiger partial charge in [-0.3, -0.25) is 4.79 Å². The summed E-state index contributed by atoms with van der Waals surface area (Å²) in [7, 11) is 1.19. The Morgan fingerprint density at radius 2 is 1.79 bits per heavy atom. The standard InChI is InChI=1S/C18H17F2NO3/c1-11-6-8-12(9-7-11)10-15(18(23)24-2)21-17(22)13-4-3-5-14(19)16(13)20/h3-9,15H,10H2,1-2H3,(H,21,22)/t15-/m0/s1. The van der Waals surface area contributed by atoms with Crippen molar-refractivity contribution in [2.24, 2.45) is 0 Å². The number of methoxy groups -OCH3 is 1. The minimum atomic E-state index is -1.26. The zero-order chi connectivity index (χ0) is 17.7. The maximum absolute atomic E-state index is 13.7. The Hall–Kier alpha value is -2.76. The Balaban J connectivity index is 2.19. The molecule has 24 heavy (non-hydrogen) atoms. The molecule has 0 aliphatic carbocycles. The molecule has 0 aliphatic rings. The number of ether oxygens (including phenoxy) is 1. The molecule has 1 atom stereocenters. The van der Waals surface area contributed by atoms with E-state index in [9.17, 15) is 18.4 Å². The van der Waals surface area contributed by atoms with E-state index < -0.39 is 35.1 Å². The van der Waals surface area contributed by atoms with Gasteiger partial charge < -0.3 is 10.1 Å². The van der Waals surface area contributed by atoms with Gasteiger partial charge in [-0.1, -0.05) is 35.9 Å². The lowest BCUT2D eigenvalue weighted by atomic mass is 10.0. The Bertz CT molecular complexity index is 744. The molecule has 6 heteroatoms. The van der Waals surface area contributed by atoms with E-state index in [-0.39, 0.29) is 6.42 Å². The molecular weight excluding hydrogens is 316 g/mol. The molecule has 0 heterocycles. The van der Waals surface area contributed by atoms with Crippen LogP contribution in [0.2, 0.25) is 0 Å². The van der Waals surface area contributed by atoms with Gasteiger partial charge in [0.2, 0.25) is 0 Å². The van der Waals surface area contributed by atoms with E-state index >= 15 is 0 Å². The fourth-order valence-corrected chi connectivity index (χ4v) is 2.21. The van der Waals surface area contributed by atoms with Gasteiger partial charge in [0, 0.05) is 6.42 Å². The molecule has 0 saturated heterocycles. The maximum Gasteiger partial charge on any atom is 0.328 e. The molecule has 0 bridgehead atoms. The molecule has 4 nitrogen and oxygen atoms in total. The molecule has 2 aromatic carbocycles. The summed E-state index contributed by atoms with van der Waals surface area (Å²) in [6.07, 6.45) is 0.176. The average Bonchev–Trinajstić information content (AvgIpc) is 2.57. The summed E-state index contributed by atoms with van der Waals surface area (Å²) in [4.78, 5) is 24.1. The molecule has 2 aromatic rings. The molecule has 0 saturated carbocycles.